The topological polar surface area (TPSA) is 90.3 Å². The van der Waals surface area contributed by atoms with Crippen LogP contribution in [0.4, 0.5) is 11.6 Å². The largest absolute Gasteiger partial charge is 0.490 e. The first-order valence-corrected chi connectivity index (χ1v) is 13.1. The predicted octanol–water partition coefficient (Wildman–Crippen LogP) is 6.25. The minimum Gasteiger partial charge on any atom is -0.490 e. The smallest absolute Gasteiger partial charge is 0.255 e. The molecule has 2 heterocycles. The molecular formula is C29H28BrN5O3. The summed E-state index contributed by atoms with van der Waals surface area (Å²) in [6, 6.07) is 20.9. The summed E-state index contributed by atoms with van der Waals surface area (Å²) in [5.74, 6) is 1.49. The number of amides is 1. The molecule has 3 aromatic carbocycles. The number of halogens is 1. The predicted molar refractivity (Wildman–Crippen MR) is 150 cm³/mol. The van der Waals surface area contributed by atoms with Crippen molar-refractivity contribution in [3.63, 3.8) is 0 Å². The molecule has 8 nitrogen and oxygen atoms in total. The number of hydrogen-bond donors (Lipinski definition) is 2. The van der Waals surface area contributed by atoms with Crippen LogP contribution in [0.15, 0.2) is 88.8 Å². The van der Waals surface area contributed by atoms with Crippen LogP contribution in [-0.4, -0.2) is 27.3 Å². The van der Waals surface area contributed by atoms with Crippen molar-refractivity contribution >= 4 is 33.5 Å². The zero-order valence-corrected chi connectivity index (χ0v) is 23.0. The van der Waals surface area contributed by atoms with E-state index < -0.39 is 6.04 Å². The van der Waals surface area contributed by atoms with E-state index in [0.29, 0.717) is 52.1 Å². The van der Waals surface area contributed by atoms with Crippen molar-refractivity contribution < 1.29 is 14.3 Å². The number of allylic oxidation sites excluding steroid dienone is 1. The Bertz CT molecular complexity index is 1480. The maximum atomic E-state index is 13.6. The highest BCUT2D eigenvalue weighted by molar-refractivity contribution is 9.10. The average Bonchev–Trinajstić information content (AvgIpc) is 3.37. The molecule has 1 amide bonds. The van der Waals surface area contributed by atoms with Gasteiger partial charge in [0.15, 0.2) is 11.5 Å². The Morgan fingerprint density at radius 1 is 1.08 bits per heavy atom. The number of nitrogens with zero attached hydrogens (tertiary/aromatic N) is 3. The van der Waals surface area contributed by atoms with Gasteiger partial charge in [-0.25, -0.2) is 4.68 Å². The standard InChI is InChI=1S/C29H28BrN5O3/c1-4-37-24-15-21(14-23(30)27(24)38-16-20-12-10-18(2)11-13-20)26-25(19(3)33-29-31-17-32-35(26)29)28(36)34-22-8-6-5-7-9-22/h5-15,17,26H,4,16H2,1-3H3,(H,34,36)(H,31,32,33). The van der Waals surface area contributed by atoms with Gasteiger partial charge < -0.3 is 20.1 Å². The van der Waals surface area contributed by atoms with Crippen molar-refractivity contribution in [1.29, 1.82) is 0 Å². The molecule has 38 heavy (non-hydrogen) atoms. The summed E-state index contributed by atoms with van der Waals surface area (Å²) >= 11 is 3.69. The SMILES string of the molecule is CCOc1cc(C2C(C(=O)Nc3ccccc3)=C(C)Nc3ncnn32)cc(Br)c1OCc1ccc(C)cc1. The van der Waals surface area contributed by atoms with E-state index in [1.54, 1.807) is 4.68 Å². The monoisotopic (exact) mass is 573 g/mol. The average molecular weight is 574 g/mol. The van der Waals surface area contributed by atoms with Crippen LogP contribution >= 0.6 is 15.9 Å². The molecular weight excluding hydrogens is 546 g/mol. The van der Waals surface area contributed by atoms with Crippen LogP contribution in [0.3, 0.4) is 0 Å². The lowest BCUT2D eigenvalue weighted by Crippen LogP contribution is -2.31. The van der Waals surface area contributed by atoms with Gasteiger partial charge in [-0.15, -0.1) is 0 Å². The minimum atomic E-state index is -0.542. The molecule has 1 aliphatic rings. The Labute approximate surface area is 229 Å². The molecule has 9 heteroatoms. The molecule has 5 rings (SSSR count). The van der Waals surface area contributed by atoms with Crippen LogP contribution in [0.1, 0.15) is 36.6 Å². The maximum Gasteiger partial charge on any atom is 0.255 e. The number of rotatable bonds is 8. The number of aromatic nitrogens is 3. The van der Waals surface area contributed by atoms with E-state index in [2.05, 4.69) is 55.7 Å². The van der Waals surface area contributed by atoms with Gasteiger partial charge in [0.25, 0.3) is 5.91 Å². The van der Waals surface area contributed by atoms with Crippen LogP contribution in [0.25, 0.3) is 0 Å². The Morgan fingerprint density at radius 2 is 1.84 bits per heavy atom. The van der Waals surface area contributed by atoms with E-state index in [1.165, 1.54) is 11.9 Å². The number of benzene rings is 3. The van der Waals surface area contributed by atoms with E-state index in [4.69, 9.17) is 9.47 Å². The highest BCUT2D eigenvalue weighted by Crippen LogP contribution is 2.43. The second-order valence-corrected chi connectivity index (χ2v) is 9.81. The zero-order chi connectivity index (χ0) is 26.6. The van der Waals surface area contributed by atoms with Crippen LogP contribution in [-0.2, 0) is 11.4 Å². The summed E-state index contributed by atoms with van der Waals surface area (Å²) in [5, 5.41) is 10.7. The fourth-order valence-corrected chi connectivity index (χ4v) is 4.98. The molecule has 0 saturated heterocycles. The first-order chi connectivity index (χ1) is 18.4. The van der Waals surface area contributed by atoms with Gasteiger partial charge in [-0.1, -0.05) is 48.0 Å². The van der Waals surface area contributed by atoms with Crippen LogP contribution in [0.5, 0.6) is 11.5 Å². The third-order valence-electron chi connectivity index (χ3n) is 6.22. The number of carbonyl (C=O) groups is 1. The summed E-state index contributed by atoms with van der Waals surface area (Å²) in [7, 11) is 0. The minimum absolute atomic E-state index is 0.235. The van der Waals surface area contributed by atoms with Gasteiger partial charge in [-0.2, -0.15) is 10.1 Å². The molecule has 194 valence electrons. The van der Waals surface area contributed by atoms with Gasteiger partial charge in [0.2, 0.25) is 5.95 Å². The number of hydrogen-bond acceptors (Lipinski definition) is 6. The second kappa shape index (κ2) is 11.1. The van der Waals surface area contributed by atoms with E-state index in [-0.39, 0.29) is 5.91 Å². The Kier molecular flexibility index (Phi) is 7.46. The van der Waals surface area contributed by atoms with E-state index in [0.717, 1.165) is 11.1 Å². The van der Waals surface area contributed by atoms with Gasteiger partial charge in [0.1, 0.15) is 19.0 Å². The lowest BCUT2D eigenvalue weighted by molar-refractivity contribution is -0.113. The quantitative estimate of drug-likeness (QED) is 0.259. The summed E-state index contributed by atoms with van der Waals surface area (Å²) < 4.78 is 14.6. The van der Waals surface area contributed by atoms with Gasteiger partial charge in [-0.3, -0.25) is 4.79 Å². The van der Waals surface area contributed by atoms with Crippen LogP contribution in [0, 0.1) is 6.92 Å². The lowest BCUT2D eigenvalue weighted by atomic mass is 9.94. The third-order valence-corrected chi connectivity index (χ3v) is 6.81. The van der Waals surface area contributed by atoms with Crippen molar-refractivity contribution in [2.24, 2.45) is 0 Å². The van der Waals surface area contributed by atoms with E-state index in [9.17, 15) is 4.79 Å². The third kappa shape index (κ3) is 5.28. The highest BCUT2D eigenvalue weighted by Gasteiger charge is 2.34. The fourth-order valence-electron chi connectivity index (χ4n) is 4.40. The molecule has 1 unspecified atom stereocenters. The Hall–Kier alpha value is -4.11. The summed E-state index contributed by atoms with van der Waals surface area (Å²) in [5.41, 5.74) is 4.97. The molecule has 0 saturated carbocycles. The van der Waals surface area contributed by atoms with Crippen LogP contribution in [0.2, 0.25) is 0 Å². The van der Waals surface area contributed by atoms with Gasteiger partial charge in [-0.05, 0) is 72.1 Å². The molecule has 4 aromatic rings. The maximum absolute atomic E-state index is 13.6. The van der Waals surface area contributed by atoms with Gasteiger partial charge in [0.05, 0.1) is 16.7 Å². The van der Waals surface area contributed by atoms with Crippen molar-refractivity contribution in [1.82, 2.24) is 14.8 Å². The molecule has 1 aromatic heterocycles. The molecule has 0 bridgehead atoms. The molecule has 0 spiro atoms. The molecule has 1 atom stereocenters. The number of carbonyl (C=O) groups excluding carboxylic acids is 1. The number of ether oxygens (including phenoxy) is 2. The molecule has 0 fully saturated rings. The zero-order valence-electron chi connectivity index (χ0n) is 21.4. The lowest BCUT2D eigenvalue weighted by Gasteiger charge is -2.29. The number of anilines is 2. The number of fused-ring (bicyclic) bond motifs is 1. The van der Waals surface area contributed by atoms with E-state index >= 15 is 0 Å². The number of nitrogens with one attached hydrogen (secondary N) is 2. The fraction of sp³-hybridized carbons (Fsp3) is 0.207. The highest BCUT2D eigenvalue weighted by atomic mass is 79.9. The van der Waals surface area contributed by atoms with Crippen molar-refractivity contribution in [2.45, 2.75) is 33.4 Å². The van der Waals surface area contributed by atoms with Crippen molar-refractivity contribution in [3.05, 3.63) is 105 Å². The first kappa shape index (κ1) is 25.5. The second-order valence-electron chi connectivity index (χ2n) is 8.95. The number of aryl methyl sites for hydroxylation is 1. The molecule has 1 aliphatic heterocycles. The summed E-state index contributed by atoms with van der Waals surface area (Å²) in [4.78, 5) is 17.9. The Morgan fingerprint density at radius 3 is 2.58 bits per heavy atom. The van der Waals surface area contributed by atoms with Gasteiger partial charge >= 0.3 is 0 Å². The van der Waals surface area contributed by atoms with Gasteiger partial charge in [0, 0.05) is 11.4 Å². The van der Waals surface area contributed by atoms with Crippen molar-refractivity contribution in [3.8, 4) is 11.5 Å². The summed E-state index contributed by atoms with van der Waals surface area (Å²) in [6.45, 7) is 6.69. The van der Waals surface area contributed by atoms with E-state index in [1.807, 2.05) is 68.4 Å². The normalized spacial score (nSPS) is 14.5. The van der Waals surface area contributed by atoms with Crippen molar-refractivity contribution in [2.75, 3.05) is 17.2 Å². The first-order valence-electron chi connectivity index (χ1n) is 12.3. The van der Waals surface area contributed by atoms with Crippen LogP contribution < -0.4 is 20.1 Å². The molecule has 0 aliphatic carbocycles. The molecule has 0 radical (unpaired) electrons. The Balaban J connectivity index is 1.52. The summed E-state index contributed by atoms with van der Waals surface area (Å²) in [6.07, 6.45) is 1.47. The molecule has 2 N–H and O–H groups in total. The number of para-hydroxylation sites is 1.